The summed E-state index contributed by atoms with van der Waals surface area (Å²) in [7, 11) is 5.98. The Morgan fingerprint density at radius 2 is 0.945 bits per heavy atom. The standard InChI is InChI=1S/C24H31N7O3S2.C20H26N6OS2.C4H6ClNO2/c1-14-19-16(12-17-20(14)27-24(36-17)28-21(33)22(34)29(2)3)35-23(26-19)25-13-18(32)31-10-8-30(9-11-31)15-6-4-5-7-15;1-12-17-14(28-19(21)23-17)10-15-18(12)24-20(29-15)22-11-16(27)26-8-6-25(7-9-26)13-4-2-3-5-13;1-6(2)4(8)3(5)7/h12,15H,4-11,13H2,1-3H3,(H,25,26)(H,27,28,33);10,13H,2-9,11H2,1H3,(H2,21,23)(H,22,24);1-2H3. The first kappa shape index (κ1) is 53.9. The summed E-state index contributed by atoms with van der Waals surface area (Å²) >= 11 is 10.7. The molecule has 0 spiro atoms. The van der Waals surface area contributed by atoms with Gasteiger partial charge in [0.25, 0.3) is 0 Å². The molecular formula is C48H63ClN14O6S4. The summed E-state index contributed by atoms with van der Waals surface area (Å²) in [4.78, 5) is 99.4. The number of nitrogen functional groups attached to an aromatic ring is 1. The van der Waals surface area contributed by atoms with E-state index in [4.69, 9.17) is 27.3 Å². The molecular weight excluding hydrogens is 1030 g/mol. The van der Waals surface area contributed by atoms with Gasteiger partial charge in [-0.1, -0.05) is 71.0 Å². The van der Waals surface area contributed by atoms with Crippen LogP contribution in [0.4, 0.5) is 20.5 Å². The van der Waals surface area contributed by atoms with Gasteiger partial charge in [-0.15, -0.1) is 0 Å². The van der Waals surface area contributed by atoms with E-state index in [9.17, 15) is 28.8 Å². The zero-order chi connectivity index (χ0) is 52.1. The van der Waals surface area contributed by atoms with Crippen molar-refractivity contribution in [1.82, 2.24) is 49.3 Å². The minimum absolute atomic E-state index is 0.104. The molecule has 2 saturated carbocycles. The maximum absolute atomic E-state index is 12.8. The summed E-state index contributed by atoms with van der Waals surface area (Å²) in [5.41, 5.74) is 11.2. The molecule has 25 heteroatoms. The van der Waals surface area contributed by atoms with Crippen molar-refractivity contribution in [3.05, 3.63) is 23.3 Å². The Morgan fingerprint density at radius 1 is 0.575 bits per heavy atom. The van der Waals surface area contributed by atoms with Crippen LogP contribution in [0.15, 0.2) is 12.1 Å². The first-order valence-corrected chi connectivity index (χ1v) is 28.2. The molecule has 6 heterocycles. The van der Waals surface area contributed by atoms with Crippen LogP contribution in [-0.2, 0) is 28.8 Å². The lowest BCUT2D eigenvalue weighted by Gasteiger charge is -2.38. The number of carbonyl (C=O) groups excluding carboxylic acids is 6. The Morgan fingerprint density at radius 3 is 1.33 bits per heavy atom. The van der Waals surface area contributed by atoms with Gasteiger partial charge in [-0.25, -0.2) is 19.9 Å². The molecule has 10 rings (SSSR count). The van der Waals surface area contributed by atoms with Crippen molar-refractivity contribution >= 4 is 153 Å². The van der Waals surface area contributed by atoms with Crippen LogP contribution in [0.3, 0.4) is 0 Å². The maximum atomic E-state index is 12.8. The fourth-order valence-corrected chi connectivity index (χ4v) is 13.8. The van der Waals surface area contributed by atoms with Gasteiger partial charge in [-0.05, 0) is 63.3 Å². The van der Waals surface area contributed by atoms with E-state index in [0.717, 1.165) is 120 Å². The highest BCUT2D eigenvalue weighted by Crippen LogP contribution is 2.38. The molecule has 6 aromatic rings. The number of rotatable bonds is 10. The van der Waals surface area contributed by atoms with E-state index in [1.165, 1.54) is 118 Å². The zero-order valence-corrected chi connectivity index (χ0v) is 46.1. The number of carbonyl (C=O) groups is 6. The van der Waals surface area contributed by atoms with Gasteiger partial charge in [0.2, 0.25) is 11.8 Å². The van der Waals surface area contributed by atoms with Gasteiger partial charge in [-0.2, -0.15) is 0 Å². The van der Waals surface area contributed by atoms with Crippen LogP contribution in [0.25, 0.3) is 40.9 Å². The molecule has 5 amide bonds. The number of nitrogens with zero attached hydrogens (tertiary/aromatic N) is 10. The normalized spacial score (nSPS) is 16.9. The molecule has 2 aliphatic carbocycles. The monoisotopic (exact) mass is 1090 g/mol. The number of thiazole rings is 4. The Balaban J connectivity index is 0.000000172. The fourth-order valence-electron chi connectivity index (χ4n) is 9.75. The van der Waals surface area contributed by atoms with Gasteiger partial charge in [0.05, 0.1) is 54.0 Å². The molecule has 2 aromatic carbocycles. The number of aryl methyl sites for hydroxylation is 2. The summed E-state index contributed by atoms with van der Waals surface area (Å²) in [5, 5.41) is 10.5. The molecule has 4 aromatic heterocycles. The van der Waals surface area contributed by atoms with Gasteiger partial charge in [0, 0.05) is 104 Å². The predicted molar refractivity (Wildman–Crippen MR) is 294 cm³/mol. The van der Waals surface area contributed by atoms with Gasteiger partial charge >= 0.3 is 23.0 Å². The lowest BCUT2D eigenvalue weighted by molar-refractivity contribution is -0.141. The summed E-state index contributed by atoms with van der Waals surface area (Å²) in [6.45, 7) is 11.7. The van der Waals surface area contributed by atoms with Crippen molar-refractivity contribution in [3.63, 3.8) is 0 Å². The largest absolute Gasteiger partial charge is 0.375 e. The third kappa shape index (κ3) is 12.9. The molecule has 20 nitrogen and oxygen atoms in total. The quantitative estimate of drug-likeness (QED) is 0.0927. The van der Waals surface area contributed by atoms with E-state index >= 15 is 0 Å². The van der Waals surface area contributed by atoms with Crippen molar-refractivity contribution in [2.75, 3.05) is 115 Å². The number of anilines is 4. The molecule has 2 saturated heterocycles. The van der Waals surface area contributed by atoms with E-state index in [2.05, 4.69) is 41.8 Å². The molecule has 73 heavy (non-hydrogen) atoms. The number of benzene rings is 2. The van der Waals surface area contributed by atoms with Crippen molar-refractivity contribution in [1.29, 1.82) is 0 Å². The number of amides is 5. The van der Waals surface area contributed by atoms with E-state index < -0.39 is 23.0 Å². The van der Waals surface area contributed by atoms with E-state index in [0.29, 0.717) is 28.0 Å². The number of fused-ring (bicyclic) bond motifs is 4. The molecule has 4 fully saturated rings. The number of aromatic nitrogens is 4. The van der Waals surface area contributed by atoms with Crippen LogP contribution < -0.4 is 21.7 Å². The number of halogens is 1. The zero-order valence-electron chi connectivity index (χ0n) is 42.0. The molecule has 0 unspecified atom stereocenters. The predicted octanol–water partition coefficient (Wildman–Crippen LogP) is 5.88. The maximum Gasteiger partial charge on any atom is 0.315 e. The topological polar surface area (TPSA) is 236 Å². The number of likely N-dealkylation sites (N-methyl/N-ethyl adjacent to an activating group) is 2. The van der Waals surface area contributed by atoms with E-state index in [1.54, 1.807) is 11.3 Å². The second-order valence-electron chi connectivity index (χ2n) is 19.0. The van der Waals surface area contributed by atoms with Crippen LogP contribution >= 0.6 is 56.9 Å². The number of nitrogens with one attached hydrogen (secondary N) is 3. The second kappa shape index (κ2) is 23.9. The van der Waals surface area contributed by atoms with Crippen molar-refractivity contribution in [2.24, 2.45) is 0 Å². The Labute approximate surface area is 444 Å². The average Bonchev–Trinajstić information content (AvgIpc) is 4.25. The molecule has 0 atom stereocenters. The Hall–Kier alpha value is -5.37. The lowest BCUT2D eigenvalue weighted by Crippen LogP contribution is -2.52. The van der Waals surface area contributed by atoms with E-state index in [-0.39, 0.29) is 18.4 Å². The number of hydrogen-bond acceptors (Lipinski definition) is 19. The molecule has 0 radical (unpaired) electrons. The fraction of sp³-hybridized carbons (Fsp3) is 0.542. The highest BCUT2D eigenvalue weighted by molar-refractivity contribution is 7.25. The van der Waals surface area contributed by atoms with Crippen LogP contribution in [0, 0.1) is 13.8 Å². The van der Waals surface area contributed by atoms with Crippen LogP contribution in [0.5, 0.6) is 0 Å². The lowest BCUT2D eigenvalue weighted by atomic mass is 10.2. The summed E-state index contributed by atoms with van der Waals surface area (Å²) < 4.78 is 4.06. The van der Waals surface area contributed by atoms with Crippen molar-refractivity contribution < 1.29 is 28.8 Å². The third-order valence-electron chi connectivity index (χ3n) is 13.8. The highest BCUT2D eigenvalue weighted by atomic mass is 35.5. The van der Waals surface area contributed by atoms with Gasteiger partial charge in [0.1, 0.15) is 0 Å². The first-order chi connectivity index (χ1) is 34.9. The number of piperazine rings is 2. The van der Waals surface area contributed by atoms with Gasteiger partial charge < -0.3 is 36.0 Å². The van der Waals surface area contributed by atoms with Crippen LogP contribution in [0.2, 0.25) is 0 Å². The average molecular weight is 1100 g/mol. The highest BCUT2D eigenvalue weighted by Gasteiger charge is 2.30. The summed E-state index contributed by atoms with van der Waals surface area (Å²) in [6.07, 6.45) is 10.6. The van der Waals surface area contributed by atoms with Gasteiger partial charge in [-0.3, -0.25) is 43.9 Å². The minimum atomic E-state index is -0.949. The Bertz CT molecular complexity index is 3000. The number of hydrogen-bond donors (Lipinski definition) is 4. The second-order valence-corrected chi connectivity index (χ2v) is 23.5. The van der Waals surface area contributed by atoms with Gasteiger partial charge in [0.15, 0.2) is 20.5 Å². The SMILES string of the molecule is CN(C)C(=O)C(=O)Cl.Cc1c2nc(N)sc2cc2sc(NCC(=O)N3CCN(C4CCCC4)CC3)nc12.Cc1c2nc(NCC(=O)N3CCN(C4CCCC4)CC3)sc2cc2sc(NC(=O)C(=O)N(C)C)nc12. The Kier molecular flexibility index (Phi) is 17.6. The molecule has 4 aliphatic rings. The molecule has 2 aliphatic heterocycles. The molecule has 5 N–H and O–H groups in total. The molecule has 392 valence electrons. The van der Waals surface area contributed by atoms with Crippen molar-refractivity contribution in [3.8, 4) is 0 Å². The summed E-state index contributed by atoms with van der Waals surface area (Å²) in [6, 6.07) is 5.55. The third-order valence-corrected chi connectivity index (χ3v) is 17.6. The minimum Gasteiger partial charge on any atom is -0.375 e. The van der Waals surface area contributed by atoms with Crippen molar-refractivity contribution in [2.45, 2.75) is 77.3 Å². The van der Waals surface area contributed by atoms with Crippen LogP contribution in [-0.4, -0.2) is 190 Å². The van der Waals surface area contributed by atoms with E-state index in [1.807, 2.05) is 29.7 Å². The summed E-state index contributed by atoms with van der Waals surface area (Å²) in [5.74, 6) is -1.77. The van der Waals surface area contributed by atoms with Crippen LogP contribution in [0.1, 0.15) is 62.5 Å². The number of nitrogens with two attached hydrogens (primary N) is 1. The first-order valence-electron chi connectivity index (χ1n) is 24.6. The smallest absolute Gasteiger partial charge is 0.315 e. The molecule has 0 bridgehead atoms.